The molecule has 7 heteroatoms. The van der Waals surface area contributed by atoms with Crippen molar-refractivity contribution >= 4 is 11.7 Å². The highest BCUT2D eigenvalue weighted by Gasteiger charge is 2.19. The highest BCUT2D eigenvalue weighted by atomic mass is 16.7. The van der Waals surface area contributed by atoms with E-state index in [1.54, 1.807) is 20.8 Å². The molecule has 0 amide bonds. The van der Waals surface area contributed by atoms with Crippen molar-refractivity contribution in [3.8, 4) is 11.5 Å². The van der Waals surface area contributed by atoms with Gasteiger partial charge in [-0.3, -0.25) is 0 Å². The first-order valence-corrected chi connectivity index (χ1v) is 6.92. The third-order valence-corrected chi connectivity index (χ3v) is 2.86. The zero-order chi connectivity index (χ0) is 16.7. The smallest absolute Gasteiger partial charge is 0.340 e. The number of esters is 1. The predicted octanol–water partition coefficient (Wildman–Crippen LogP) is 2.19. The molecule has 2 unspecified atom stereocenters. The molecule has 2 atom stereocenters. The number of ether oxygens (including phenoxy) is 5. The number of rotatable bonds is 8. The van der Waals surface area contributed by atoms with Crippen LogP contribution in [0.15, 0.2) is 12.1 Å². The third kappa shape index (κ3) is 4.78. The van der Waals surface area contributed by atoms with Gasteiger partial charge in [0.1, 0.15) is 0 Å². The maximum atomic E-state index is 11.9. The fraction of sp³-hybridized carbons (Fsp3) is 0.533. The summed E-state index contributed by atoms with van der Waals surface area (Å²) in [6, 6.07) is 2.97. The van der Waals surface area contributed by atoms with Crippen LogP contribution in [0.1, 0.15) is 31.1 Å². The van der Waals surface area contributed by atoms with Crippen molar-refractivity contribution < 1.29 is 28.5 Å². The second-order valence-electron chi connectivity index (χ2n) is 4.45. The first kappa shape index (κ1) is 18.1. The van der Waals surface area contributed by atoms with E-state index in [9.17, 15) is 4.79 Å². The Kier molecular flexibility index (Phi) is 6.94. The molecule has 124 valence electrons. The zero-order valence-corrected chi connectivity index (χ0v) is 13.5. The molecule has 0 radical (unpaired) electrons. The molecule has 0 fully saturated rings. The number of benzene rings is 1. The fourth-order valence-electron chi connectivity index (χ4n) is 1.60. The monoisotopic (exact) mass is 313 g/mol. The Labute approximate surface area is 130 Å². The lowest BCUT2D eigenvalue weighted by molar-refractivity contribution is -0.0553. The van der Waals surface area contributed by atoms with Crippen molar-refractivity contribution in [3.05, 3.63) is 17.7 Å². The topological polar surface area (TPSA) is 89.2 Å². The largest absolute Gasteiger partial charge is 0.462 e. The van der Waals surface area contributed by atoms with Gasteiger partial charge in [-0.25, -0.2) is 4.79 Å². The molecule has 1 rings (SSSR count). The van der Waals surface area contributed by atoms with Gasteiger partial charge >= 0.3 is 5.97 Å². The molecular weight excluding hydrogens is 290 g/mol. The van der Waals surface area contributed by atoms with Crippen LogP contribution in [0.5, 0.6) is 11.5 Å². The van der Waals surface area contributed by atoms with E-state index in [1.807, 2.05) is 0 Å². The molecule has 0 heterocycles. The van der Waals surface area contributed by atoms with Crippen molar-refractivity contribution in [3.63, 3.8) is 0 Å². The second kappa shape index (κ2) is 8.45. The SMILES string of the molecule is CCOC(=O)c1cc(OC(C)OC)c(OC(C)OC)cc1N. The normalized spacial score (nSPS) is 13.3. The van der Waals surface area contributed by atoms with Crippen LogP contribution in [0.2, 0.25) is 0 Å². The Bertz CT molecular complexity index is 505. The van der Waals surface area contributed by atoms with Crippen molar-refractivity contribution in [1.29, 1.82) is 0 Å². The molecular formula is C15H23NO6. The standard InChI is InChI=1S/C15H23NO6/c1-6-20-15(17)11-7-13(21-9(2)18-4)14(8-12(11)16)22-10(3)19-5/h7-10H,6,16H2,1-5H3. The Morgan fingerprint density at radius 2 is 1.59 bits per heavy atom. The zero-order valence-electron chi connectivity index (χ0n) is 13.5. The van der Waals surface area contributed by atoms with Crippen LogP contribution < -0.4 is 15.2 Å². The van der Waals surface area contributed by atoms with Gasteiger partial charge in [-0.1, -0.05) is 0 Å². The summed E-state index contributed by atoms with van der Waals surface area (Å²) in [6.07, 6.45) is -1.04. The maximum Gasteiger partial charge on any atom is 0.340 e. The Morgan fingerprint density at radius 3 is 2.05 bits per heavy atom. The Hall–Kier alpha value is -1.99. The number of carbonyl (C=O) groups is 1. The van der Waals surface area contributed by atoms with Gasteiger partial charge in [0, 0.05) is 26.4 Å². The fourth-order valence-corrected chi connectivity index (χ4v) is 1.60. The van der Waals surface area contributed by atoms with Crippen molar-refractivity contribution in [2.45, 2.75) is 33.4 Å². The van der Waals surface area contributed by atoms with Crippen LogP contribution in [-0.2, 0) is 14.2 Å². The van der Waals surface area contributed by atoms with Crippen LogP contribution in [0, 0.1) is 0 Å². The van der Waals surface area contributed by atoms with Crippen LogP contribution in [-0.4, -0.2) is 39.4 Å². The number of hydrogen-bond acceptors (Lipinski definition) is 7. The number of anilines is 1. The molecule has 0 aliphatic rings. The molecule has 7 nitrogen and oxygen atoms in total. The molecule has 0 aromatic heterocycles. The van der Waals surface area contributed by atoms with E-state index in [4.69, 9.17) is 29.4 Å². The molecule has 0 saturated carbocycles. The molecule has 0 aliphatic carbocycles. The molecule has 1 aromatic rings. The number of methoxy groups -OCH3 is 2. The summed E-state index contributed by atoms with van der Waals surface area (Å²) in [5.41, 5.74) is 6.33. The lowest BCUT2D eigenvalue weighted by atomic mass is 10.1. The number of nitrogens with two attached hydrogens (primary N) is 1. The number of hydrogen-bond donors (Lipinski definition) is 1. The van der Waals surface area contributed by atoms with Crippen molar-refractivity contribution in [1.82, 2.24) is 0 Å². The minimum Gasteiger partial charge on any atom is -0.462 e. The van der Waals surface area contributed by atoms with Gasteiger partial charge in [-0.15, -0.1) is 0 Å². The van der Waals surface area contributed by atoms with E-state index >= 15 is 0 Å². The van der Waals surface area contributed by atoms with Crippen LogP contribution >= 0.6 is 0 Å². The van der Waals surface area contributed by atoms with Crippen molar-refractivity contribution in [2.75, 3.05) is 26.6 Å². The van der Waals surface area contributed by atoms with E-state index in [0.717, 1.165) is 0 Å². The quantitative estimate of drug-likeness (QED) is 0.447. The molecule has 0 saturated heterocycles. The number of carbonyl (C=O) groups excluding carboxylic acids is 1. The Balaban J connectivity index is 3.19. The summed E-state index contributed by atoms with van der Waals surface area (Å²) in [5, 5.41) is 0. The summed E-state index contributed by atoms with van der Waals surface area (Å²) in [4.78, 5) is 11.9. The first-order chi connectivity index (χ1) is 10.4. The minimum absolute atomic E-state index is 0.206. The molecule has 2 N–H and O–H groups in total. The van der Waals surface area contributed by atoms with Gasteiger partial charge < -0.3 is 29.4 Å². The highest BCUT2D eigenvalue weighted by Crippen LogP contribution is 2.34. The summed E-state index contributed by atoms with van der Waals surface area (Å²) in [7, 11) is 3.02. The van der Waals surface area contributed by atoms with E-state index < -0.39 is 18.5 Å². The van der Waals surface area contributed by atoms with Crippen molar-refractivity contribution in [2.24, 2.45) is 0 Å². The minimum atomic E-state index is -0.529. The summed E-state index contributed by atoms with van der Waals surface area (Å²) >= 11 is 0. The van der Waals surface area contributed by atoms with Gasteiger partial charge in [0.2, 0.25) is 0 Å². The average Bonchev–Trinajstić information content (AvgIpc) is 2.49. The third-order valence-electron chi connectivity index (χ3n) is 2.86. The number of nitrogen functional groups attached to an aromatic ring is 1. The van der Waals surface area contributed by atoms with Gasteiger partial charge in [0.25, 0.3) is 0 Å². The second-order valence-corrected chi connectivity index (χ2v) is 4.45. The molecule has 1 aromatic carbocycles. The van der Waals surface area contributed by atoms with Gasteiger partial charge in [-0.05, 0) is 20.8 Å². The summed E-state index contributed by atoms with van der Waals surface area (Å²) in [5.74, 6) is 0.139. The molecule has 22 heavy (non-hydrogen) atoms. The van der Waals surface area contributed by atoms with Gasteiger partial charge in [0.05, 0.1) is 17.9 Å². The Morgan fingerprint density at radius 1 is 1.09 bits per heavy atom. The highest BCUT2D eigenvalue weighted by molar-refractivity contribution is 5.96. The van der Waals surface area contributed by atoms with Gasteiger partial charge in [0.15, 0.2) is 24.1 Å². The van der Waals surface area contributed by atoms with E-state index in [-0.39, 0.29) is 17.9 Å². The maximum absolute atomic E-state index is 11.9. The van der Waals surface area contributed by atoms with E-state index in [1.165, 1.54) is 26.4 Å². The van der Waals surface area contributed by atoms with E-state index in [2.05, 4.69) is 0 Å². The lowest BCUT2D eigenvalue weighted by Crippen LogP contribution is -2.18. The molecule has 0 spiro atoms. The first-order valence-electron chi connectivity index (χ1n) is 6.92. The average molecular weight is 313 g/mol. The summed E-state index contributed by atoms with van der Waals surface area (Å²) in [6.45, 7) is 5.40. The lowest BCUT2D eigenvalue weighted by Gasteiger charge is -2.20. The molecule has 0 bridgehead atoms. The molecule has 0 aliphatic heterocycles. The van der Waals surface area contributed by atoms with Crippen LogP contribution in [0.25, 0.3) is 0 Å². The van der Waals surface area contributed by atoms with E-state index in [0.29, 0.717) is 11.5 Å². The summed E-state index contributed by atoms with van der Waals surface area (Å²) < 4.78 is 26.3. The predicted molar refractivity (Wildman–Crippen MR) is 81.0 cm³/mol. The van der Waals surface area contributed by atoms with Gasteiger partial charge in [-0.2, -0.15) is 0 Å². The van der Waals surface area contributed by atoms with Crippen LogP contribution in [0.4, 0.5) is 5.69 Å². The van der Waals surface area contributed by atoms with Crippen LogP contribution in [0.3, 0.4) is 0 Å².